The van der Waals surface area contributed by atoms with Crippen LogP contribution in [0.3, 0.4) is 0 Å². The molecule has 53 heavy (non-hydrogen) atoms. The number of rotatable bonds is 12. The van der Waals surface area contributed by atoms with Crippen molar-refractivity contribution < 1.29 is 46.8 Å². The van der Waals surface area contributed by atoms with Crippen molar-refractivity contribution in [2.24, 2.45) is 0 Å². The van der Waals surface area contributed by atoms with E-state index in [1.165, 1.54) is 37.4 Å². The third kappa shape index (κ3) is 8.96. The lowest BCUT2D eigenvalue weighted by Crippen LogP contribution is -2.45. The van der Waals surface area contributed by atoms with E-state index in [1.807, 2.05) is 11.0 Å². The maximum absolute atomic E-state index is 16.2. The highest BCUT2D eigenvalue weighted by Gasteiger charge is 2.38. The summed E-state index contributed by atoms with van der Waals surface area (Å²) < 4.78 is 65.2. The SMILES string of the molecule is CC(=O)OCOC(=O)[C@@H]1CCCCN1Cc1cc(Cl)c(OC(F)(F)c2cccc(-c3ccc4c(c3)OCCO4)c2C)cc1OCc1ccnc(C#N)c1. The molecule has 4 aromatic rings. The first-order valence-corrected chi connectivity index (χ1v) is 17.3. The number of aromatic nitrogens is 1. The van der Waals surface area contributed by atoms with Crippen LogP contribution in [0.4, 0.5) is 8.78 Å². The maximum atomic E-state index is 16.2. The number of nitriles is 1. The number of likely N-dealkylation sites (tertiary alicyclic amines) is 1. The van der Waals surface area contributed by atoms with Crippen LogP contribution in [0.25, 0.3) is 11.1 Å². The molecular formula is C39H36ClF2N3O8. The molecule has 3 heterocycles. The number of fused-ring (bicyclic) bond motifs is 1. The Morgan fingerprint density at radius 1 is 1.04 bits per heavy atom. The molecule has 2 aliphatic rings. The number of ether oxygens (including phenoxy) is 6. The van der Waals surface area contributed by atoms with Gasteiger partial charge >= 0.3 is 18.0 Å². The molecule has 1 atom stereocenters. The molecule has 0 bridgehead atoms. The number of pyridine rings is 1. The predicted octanol–water partition coefficient (Wildman–Crippen LogP) is 7.48. The van der Waals surface area contributed by atoms with Gasteiger partial charge in [-0.2, -0.15) is 14.0 Å². The second-order valence-corrected chi connectivity index (χ2v) is 12.9. The van der Waals surface area contributed by atoms with Crippen LogP contribution >= 0.6 is 11.6 Å². The molecule has 0 aliphatic carbocycles. The van der Waals surface area contributed by atoms with Crippen molar-refractivity contribution in [2.75, 3.05) is 26.6 Å². The van der Waals surface area contributed by atoms with Crippen molar-refractivity contribution >= 4 is 23.5 Å². The van der Waals surface area contributed by atoms with Gasteiger partial charge in [-0.25, -0.2) is 4.98 Å². The van der Waals surface area contributed by atoms with Crippen LogP contribution in [0.15, 0.2) is 66.9 Å². The summed E-state index contributed by atoms with van der Waals surface area (Å²) in [7, 11) is 0. The average Bonchev–Trinajstić information content (AvgIpc) is 3.15. The maximum Gasteiger partial charge on any atom is 0.427 e. The average molecular weight is 748 g/mol. The molecule has 2 aliphatic heterocycles. The van der Waals surface area contributed by atoms with E-state index in [9.17, 15) is 14.9 Å². The van der Waals surface area contributed by atoms with Gasteiger partial charge in [0.2, 0.25) is 6.79 Å². The molecule has 1 fully saturated rings. The fraction of sp³-hybridized carbons (Fsp3) is 0.333. The van der Waals surface area contributed by atoms with Crippen molar-refractivity contribution in [1.29, 1.82) is 5.26 Å². The monoisotopic (exact) mass is 747 g/mol. The summed E-state index contributed by atoms with van der Waals surface area (Å²) in [6.07, 6.45) is -0.296. The summed E-state index contributed by atoms with van der Waals surface area (Å²) in [5.41, 5.74) is 2.45. The molecule has 3 aromatic carbocycles. The summed E-state index contributed by atoms with van der Waals surface area (Å²) in [5.74, 6) is -0.178. The number of halogens is 3. The molecule has 1 saturated heterocycles. The quantitative estimate of drug-likeness (QED) is 0.106. The Balaban J connectivity index is 1.29. The molecule has 0 unspecified atom stereocenters. The van der Waals surface area contributed by atoms with Gasteiger partial charge in [0.1, 0.15) is 49.1 Å². The molecule has 14 heteroatoms. The number of benzene rings is 3. The first kappa shape index (κ1) is 37.3. The van der Waals surface area contributed by atoms with Gasteiger partial charge in [0.25, 0.3) is 0 Å². The largest absolute Gasteiger partial charge is 0.488 e. The summed E-state index contributed by atoms with van der Waals surface area (Å²) >= 11 is 6.66. The van der Waals surface area contributed by atoms with Crippen molar-refractivity contribution in [3.8, 4) is 40.2 Å². The van der Waals surface area contributed by atoms with Crippen LogP contribution in [-0.4, -0.2) is 54.4 Å². The number of esters is 2. The number of carbonyl (C=O) groups is 2. The number of piperidine rings is 1. The predicted molar refractivity (Wildman–Crippen MR) is 188 cm³/mol. The van der Waals surface area contributed by atoms with Gasteiger partial charge in [0.15, 0.2) is 11.5 Å². The molecule has 1 aromatic heterocycles. The third-order valence-corrected chi connectivity index (χ3v) is 9.20. The minimum Gasteiger partial charge on any atom is -0.488 e. The zero-order valence-electron chi connectivity index (χ0n) is 29.0. The van der Waals surface area contributed by atoms with Crippen LogP contribution < -0.4 is 18.9 Å². The van der Waals surface area contributed by atoms with E-state index >= 15 is 8.78 Å². The molecular weight excluding hydrogens is 712 g/mol. The molecule has 276 valence electrons. The lowest BCUT2D eigenvalue weighted by molar-refractivity contribution is -0.185. The zero-order chi connectivity index (χ0) is 37.5. The number of hydrogen-bond donors (Lipinski definition) is 0. The fourth-order valence-electron chi connectivity index (χ4n) is 6.30. The van der Waals surface area contributed by atoms with Crippen LogP contribution in [0.1, 0.15) is 54.1 Å². The lowest BCUT2D eigenvalue weighted by atomic mass is 9.95. The van der Waals surface area contributed by atoms with Gasteiger partial charge < -0.3 is 28.4 Å². The summed E-state index contributed by atoms with van der Waals surface area (Å²) in [5, 5.41) is 9.21. The van der Waals surface area contributed by atoms with Crippen molar-refractivity contribution in [3.05, 3.63) is 99.8 Å². The Bertz CT molecular complexity index is 2040. The zero-order valence-corrected chi connectivity index (χ0v) is 29.8. The van der Waals surface area contributed by atoms with Crippen molar-refractivity contribution in [2.45, 2.75) is 58.4 Å². The Kier molecular flexibility index (Phi) is 11.6. The summed E-state index contributed by atoms with van der Waals surface area (Å²) in [6, 6.07) is 17.2. The highest BCUT2D eigenvalue weighted by atomic mass is 35.5. The van der Waals surface area contributed by atoms with Crippen LogP contribution in [-0.2, 0) is 38.3 Å². The van der Waals surface area contributed by atoms with Crippen molar-refractivity contribution in [3.63, 3.8) is 0 Å². The minimum absolute atomic E-state index is 0.0355. The second kappa shape index (κ2) is 16.5. The van der Waals surface area contributed by atoms with Gasteiger partial charge in [-0.1, -0.05) is 36.2 Å². The number of nitrogens with zero attached hydrogens (tertiary/aromatic N) is 3. The van der Waals surface area contributed by atoms with Crippen LogP contribution in [0, 0.1) is 18.3 Å². The fourth-order valence-corrected chi connectivity index (χ4v) is 6.52. The first-order valence-electron chi connectivity index (χ1n) is 16.9. The molecule has 0 radical (unpaired) electrons. The molecule has 0 N–H and O–H groups in total. The smallest absolute Gasteiger partial charge is 0.427 e. The topological polar surface area (TPSA) is 129 Å². The van der Waals surface area contributed by atoms with Gasteiger partial charge in [0, 0.05) is 31.3 Å². The van der Waals surface area contributed by atoms with Crippen LogP contribution in [0.5, 0.6) is 23.0 Å². The Hall–Kier alpha value is -5.45. The Morgan fingerprint density at radius 3 is 2.64 bits per heavy atom. The van der Waals surface area contributed by atoms with E-state index in [2.05, 4.69) is 4.98 Å². The standard InChI is InChI=1S/C39H36ClF2N3O8/c1-24-30(27-9-10-34-37(18-27)49-15-14-48-34)6-5-7-31(24)39(41,42)53-36-19-35(50-22-26-11-12-44-29(16-26)20-43)28(17-32(36)40)21-45-13-4-3-8-33(45)38(47)52-23-51-25(2)46/h5-7,9-12,16-19,33H,3-4,8,13-15,21-23H2,1-2H3/t33-/m0/s1. The van der Waals surface area contributed by atoms with E-state index in [4.69, 9.17) is 40.0 Å². The van der Waals surface area contributed by atoms with E-state index < -0.39 is 30.9 Å². The molecule has 0 spiro atoms. The first-order chi connectivity index (χ1) is 25.5. The number of carbonyl (C=O) groups excluding carboxylic acids is 2. The normalized spacial score (nSPS) is 15.6. The molecule has 11 nitrogen and oxygen atoms in total. The summed E-state index contributed by atoms with van der Waals surface area (Å²) in [6.45, 7) is 3.75. The van der Waals surface area contributed by atoms with Gasteiger partial charge in [-0.15, -0.1) is 0 Å². The van der Waals surface area contributed by atoms with E-state index in [0.717, 1.165) is 12.8 Å². The molecule has 0 saturated carbocycles. The number of alkyl halides is 2. The lowest BCUT2D eigenvalue weighted by Gasteiger charge is -2.34. The molecule has 6 rings (SSSR count). The highest BCUT2D eigenvalue weighted by molar-refractivity contribution is 6.32. The van der Waals surface area contributed by atoms with Gasteiger partial charge in [-0.05, 0) is 85.0 Å². The number of hydrogen-bond acceptors (Lipinski definition) is 11. The van der Waals surface area contributed by atoms with E-state index in [1.54, 1.807) is 43.3 Å². The van der Waals surface area contributed by atoms with Crippen LogP contribution in [0.2, 0.25) is 5.02 Å². The van der Waals surface area contributed by atoms with E-state index in [-0.39, 0.29) is 40.9 Å². The Labute approximate surface area is 309 Å². The summed E-state index contributed by atoms with van der Waals surface area (Å²) in [4.78, 5) is 30.0. The highest BCUT2D eigenvalue weighted by Crippen LogP contribution is 2.43. The van der Waals surface area contributed by atoms with Gasteiger partial charge in [-0.3, -0.25) is 14.5 Å². The third-order valence-electron chi connectivity index (χ3n) is 8.91. The van der Waals surface area contributed by atoms with E-state index in [0.29, 0.717) is 65.5 Å². The second-order valence-electron chi connectivity index (χ2n) is 12.5. The van der Waals surface area contributed by atoms with Crippen molar-refractivity contribution in [1.82, 2.24) is 9.88 Å². The van der Waals surface area contributed by atoms with Gasteiger partial charge in [0.05, 0.1) is 10.6 Å². The molecule has 0 amide bonds. The minimum atomic E-state index is -3.83. The Morgan fingerprint density at radius 2 is 1.85 bits per heavy atom.